The van der Waals surface area contributed by atoms with E-state index in [1.165, 1.54) is 6.33 Å². The predicted molar refractivity (Wildman–Crippen MR) is 83.5 cm³/mol. The molecule has 0 aliphatic rings. The first-order valence-electron chi connectivity index (χ1n) is 7.04. The van der Waals surface area contributed by atoms with Crippen molar-refractivity contribution in [3.8, 4) is 5.82 Å². The molecule has 114 valence electrons. The SMILES string of the molecule is CCc1nn(C)cc1CNc1ncnc(-n2cccn2)c1N. The van der Waals surface area contributed by atoms with Gasteiger partial charge in [0.15, 0.2) is 11.6 Å². The van der Waals surface area contributed by atoms with E-state index < -0.39 is 0 Å². The van der Waals surface area contributed by atoms with Gasteiger partial charge in [0.25, 0.3) is 0 Å². The van der Waals surface area contributed by atoms with Crippen molar-refractivity contribution in [3.63, 3.8) is 0 Å². The molecule has 0 unspecified atom stereocenters. The topological polar surface area (TPSA) is 99.5 Å². The van der Waals surface area contributed by atoms with Crippen molar-refractivity contribution in [2.24, 2.45) is 7.05 Å². The van der Waals surface area contributed by atoms with Crippen LogP contribution < -0.4 is 11.1 Å². The first-order chi connectivity index (χ1) is 10.7. The number of nitrogens with one attached hydrogen (secondary N) is 1. The monoisotopic (exact) mass is 298 g/mol. The number of aryl methyl sites for hydroxylation is 2. The Bertz CT molecular complexity index is 759. The number of nitrogens with zero attached hydrogens (tertiary/aromatic N) is 6. The minimum atomic E-state index is 0.466. The fourth-order valence-electron chi connectivity index (χ4n) is 2.31. The zero-order valence-corrected chi connectivity index (χ0v) is 12.6. The van der Waals surface area contributed by atoms with Gasteiger partial charge >= 0.3 is 0 Å². The molecule has 0 aromatic carbocycles. The second-order valence-corrected chi connectivity index (χ2v) is 4.89. The molecule has 0 spiro atoms. The fourth-order valence-corrected chi connectivity index (χ4v) is 2.31. The zero-order chi connectivity index (χ0) is 15.5. The second-order valence-electron chi connectivity index (χ2n) is 4.89. The van der Waals surface area contributed by atoms with Crippen LogP contribution in [0.2, 0.25) is 0 Å². The maximum atomic E-state index is 6.15. The summed E-state index contributed by atoms with van der Waals surface area (Å²) in [7, 11) is 1.91. The van der Waals surface area contributed by atoms with Crippen molar-refractivity contribution in [1.29, 1.82) is 0 Å². The maximum absolute atomic E-state index is 6.15. The largest absolute Gasteiger partial charge is 0.393 e. The van der Waals surface area contributed by atoms with Crippen molar-refractivity contribution in [1.82, 2.24) is 29.5 Å². The lowest BCUT2D eigenvalue weighted by Crippen LogP contribution is -2.10. The Morgan fingerprint density at radius 2 is 2.18 bits per heavy atom. The number of nitrogens with two attached hydrogens (primary N) is 1. The summed E-state index contributed by atoms with van der Waals surface area (Å²) < 4.78 is 3.43. The number of hydrogen-bond donors (Lipinski definition) is 2. The quantitative estimate of drug-likeness (QED) is 0.733. The van der Waals surface area contributed by atoms with Crippen LogP contribution in [0.15, 0.2) is 31.0 Å². The van der Waals surface area contributed by atoms with Gasteiger partial charge in [0.2, 0.25) is 0 Å². The third-order valence-corrected chi connectivity index (χ3v) is 3.36. The molecule has 3 heterocycles. The molecule has 0 saturated heterocycles. The molecule has 0 saturated carbocycles. The molecule has 3 N–H and O–H groups in total. The van der Waals surface area contributed by atoms with Crippen LogP contribution in [-0.2, 0) is 20.0 Å². The van der Waals surface area contributed by atoms with E-state index in [4.69, 9.17) is 5.73 Å². The van der Waals surface area contributed by atoms with Gasteiger partial charge in [0.05, 0.1) is 5.69 Å². The third-order valence-electron chi connectivity index (χ3n) is 3.36. The van der Waals surface area contributed by atoms with Gasteiger partial charge in [-0.15, -0.1) is 0 Å². The number of anilines is 2. The summed E-state index contributed by atoms with van der Waals surface area (Å²) in [5.41, 5.74) is 8.80. The van der Waals surface area contributed by atoms with E-state index in [9.17, 15) is 0 Å². The molecule has 0 aliphatic heterocycles. The molecule has 0 fully saturated rings. The summed E-state index contributed by atoms with van der Waals surface area (Å²) in [4.78, 5) is 8.39. The molecule has 3 aromatic heterocycles. The fraction of sp³-hybridized carbons (Fsp3) is 0.286. The zero-order valence-electron chi connectivity index (χ0n) is 12.6. The van der Waals surface area contributed by atoms with Gasteiger partial charge in [0, 0.05) is 37.7 Å². The van der Waals surface area contributed by atoms with Gasteiger partial charge in [-0.1, -0.05) is 6.92 Å². The van der Waals surface area contributed by atoms with E-state index in [0.29, 0.717) is 23.9 Å². The lowest BCUT2D eigenvalue weighted by Gasteiger charge is -2.10. The predicted octanol–water partition coefficient (Wildman–Crippen LogP) is 1.15. The number of nitrogen functional groups attached to an aromatic ring is 1. The molecule has 3 aromatic rings. The highest BCUT2D eigenvalue weighted by Gasteiger charge is 2.11. The molecule has 8 heteroatoms. The van der Waals surface area contributed by atoms with Crippen LogP contribution in [0.1, 0.15) is 18.2 Å². The molecular weight excluding hydrogens is 280 g/mol. The summed E-state index contributed by atoms with van der Waals surface area (Å²) in [5, 5.41) is 11.8. The summed E-state index contributed by atoms with van der Waals surface area (Å²) >= 11 is 0. The highest BCUT2D eigenvalue weighted by atomic mass is 15.3. The third kappa shape index (κ3) is 2.62. The van der Waals surface area contributed by atoms with Crippen molar-refractivity contribution < 1.29 is 0 Å². The molecule has 0 atom stereocenters. The Kier molecular flexibility index (Phi) is 3.73. The van der Waals surface area contributed by atoms with Crippen LogP contribution in [0, 0.1) is 0 Å². The average molecular weight is 298 g/mol. The highest BCUT2D eigenvalue weighted by molar-refractivity contribution is 5.68. The normalized spacial score (nSPS) is 10.8. The standard InChI is InChI=1S/C14H18N8/c1-3-11-10(8-21(2)20-11)7-16-13-12(15)14(18-9-17-13)22-6-4-5-19-22/h4-6,8-9H,3,7,15H2,1-2H3,(H,16,17,18). The molecular formula is C14H18N8. The van der Waals surface area contributed by atoms with Gasteiger partial charge in [-0.2, -0.15) is 10.2 Å². The molecule has 0 aliphatic carbocycles. The highest BCUT2D eigenvalue weighted by Crippen LogP contribution is 2.21. The van der Waals surface area contributed by atoms with E-state index in [-0.39, 0.29) is 0 Å². The Balaban J connectivity index is 1.82. The van der Waals surface area contributed by atoms with Crippen LogP contribution in [0.3, 0.4) is 0 Å². The average Bonchev–Trinajstić information content (AvgIpc) is 3.15. The molecule has 0 amide bonds. The van der Waals surface area contributed by atoms with Gasteiger partial charge < -0.3 is 11.1 Å². The molecule has 0 radical (unpaired) electrons. The minimum absolute atomic E-state index is 0.466. The van der Waals surface area contributed by atoms with Gasteiger partial charge in [-0.25, -0.2) is 14.6 Å². The lowest BCUT2D eigenvalue weighted by atomic mass is 10.2. The van der Waals surface area contributed by atoms with Crippen molar-refractivity contribution in [2.75, 3.05) is 11.1 Å². The summed E-state index contributed by atoms with van der Waals surface area (Å²) in [5.74, 6) is 1.15. The van der Waals surface area contributed by atoms with Crippen molar-refractivity contribution >= 4 is 11.5 Å². The van der Waals surface area contributed by atoms with Crippen molar-refractivity contribution in [3.05, 3.63) is 42.2 Å². The van der Waals surface area contributed by atoms with E-state index in [0.717, 1.165) is 17.7 Å². The molecule has 0 bridgehead atoms. The number of rotatable bonds is 5. The van der Waals surface area contributed by atoms with E-state index in [2.05, 4.69) is 32.4 Å². The van der Waals surface area contributed by atoms with Crippen LogP contribution in [0.25, 0.3) is 5.82 Å². The van der Waals surface area contributed by atoms with E-state index in [1.807, 2.05) is 24.0 Å². The molecule has 22 heavy (non-hydrogen) atoms. The van der Waals surface area contributed by atoms with E-state index in [1.54, 1.807) is 17.1 Å². The van der Waals surface area contributed by atoms with Gasteiger partial charge in [-0.05, 0) is 12.5 Å². The first kappa shape index (κ1) is 14.1. The van der Waals surface area contributed by atoms with Crippen molar-refractivity contribution in [2.45, 2.75) is 19.9 Å². The number of hydrogen-bond acceptors (Lipinski definition) is 6. The Morgan fingerprint density at radius 3 is 2.91 bits per heavy atom. The maximum Gasteiger partial charge on any atom is 0.181 e. The Morgan fingerprint density at radius 1 is 1.32 bits per heavy atom. The molecule has 3 rings (SSSR count). The second kappa shape index (κ2) is 5.84. The first-order valence-corrected chi connectivity index (χ1v) is 7.04. The van der Waals surface area contributed by atoms with Gasteiger partial charge in [-0.3, -0.25) is 4.68 Å². The Labute approximate surface area is 128 Å². The van der Waals surface area contributed by atoms with E-state index >= 15 is 0 Å². The van der Waals surface area contributed by atoms with Crippen LogP contribution in [0.4, 0.5) is 11.5 Å². The number of aromatic nitrogens is 6. The lowest BCUT2D eigenvalue weighted by molar-refractivity contribution is 0.746. The summed E-state index contributed by atoms with van der Waals surface area (Å²) in [6.07, 6.45) is 7.82. The smallest absolute Gasteiger partial charge is 0.181 e. The molecule has 8 nitrogen and oxygen atoms in total. The van der Waals surface area contributed by atoms with Crippen LogP contribution in [-0.4, -0.2) is 29.5 Å². The van der Waals surface area contributed by atoms with Crippen LogP contribution in [0.5, 0.6) is 0 Å². The Hall–Kier alpha value is -2.90. The minimum Gasteiger partial charge on any atom is -0.393 e. The van der Waals surface area contributed by atoms with Gasteiger partial charge in [0.1, 0.15) is 12.0 Å². The van der Waals surface area contributed by atoms with Crippen LogP contribution >= 0.6 is 0 Å². The summed E-state index contributed by atoms with van der Waals surface area (Å²) in [6, 6.07) is 1.82. The summed E-state index contributed by atoms with van der Waals surface area (Å²) in [6.45, 7) is 2.69.